The quantitative estimate of drug-likeness (QED) is 0.579. The molecular weight excluding hydrogens is 290 g/mol. The van der Waals surface area contributed by atoms with Crippen molar-refractivity contribution in [2.75, 3.05) is 39.3 Å². The first-order valence-electron chi connectivity index (χ1n) is 8.07. The highest BCUT2D eigenvalue weighted by Crippen LogP contribution is 2.31. The van der Waals surface area contributed by atoms with E-state index in [0.29, 0.717) is 11.7 Å². The van der Waals surface area contributed by atoms with Gasteiger partial charge in [0.05, 0.1) is 0 Å². The molecule has 0 aromatic carbocycles. The first-order valence-corrected chi connectivity index (χ1v) is 8.45. The molecule has 0 radical (unpaired) electrons. The average molecular weight is 318 g/mol. The molecule has 21 heavy (non-hydrogen) atoms. The fourth-order valence-corrected chi connectivity index (χ4v) is 3.21. The van der Waals surface area contributed by atoms with E-state index in [1.165, 1.54) is 19.3 Å². The Hall–Kier alpha value is -0.360. The van der Waals surface area contributed by atoms with Gasteiger partial charge in [0.25, 0.3) is 0 Å². The van der Waals surface area contributed by atoms with Crippen LogP contribution in [-0.2, 0) is 4.84 Å². The minimum absolute atomic E-state index is 0.0926. The number of aliphatic hydroxyl groups is 1. The summed E-state index contributed by atoms with van der Waals surface area (Å²) in [6.45, 7) is 7.06. The molecule has 0 spiro atoms. The topological polar surface area (TPSA) is 57.1 Å². The molecule has 5 nitrogen and oxygen atoms in total. The van der Waals surface area contributed by atoms with E-state index in [2.05, 4.69) is 22.3 Å². The summed E-state index contributed by atoms with van der Waals surface area (Å²) in [6.07, 6.45) is 5.19. The van der Waals surface area contributed by atoms with Crippen molar-refractivity contribution in [3.63, 3.8) is 0 Å². The molecule has 2 heterocycles. The smallest absolute Gasteiger partial charge is 0.151 e. The molecule has 2 fully saturated rings. The second-order valence-electron chi connectivity index (χ2n) is 6.50. The molecule has 2 saturated heterocycles. The minimum Gasteiger partial charge on any atom is -0.392 e. The summed E-state index contributed by atoms with van der Waals surface area (Å²) in [5.41, 5.74) is -0.0926. The van der Waals surface area contributed by atoms with Gasteiger partial charge < -0.3 is 20.2 Å². The van der Waals surface area contributed by atoms with E-state index in [-0.39, 0.29) is 12.0 Å². The second-order valence-corrected chi connectivity index (χ2v) is 6.86. The summed E-state index contributed by atoms with van der Waals surface area (Å²) < 4.78 is 0. The van der Waals surface area contributed by atoms with Crippen LogP contribution in [0, 0.1) is 5.41 Å². The Morgan fingerprint density at radius 1 is 1.33 bits per heavy atom. The maximum atomic E-state index is 10.00. The van der Waals surface area contributed by atoms with Crippen LogP contribution in [-0.4, -0.2) is 60.6 Å². The lowest BCUT2D eigenvalue weighted by Gasteiger charge is -2.32. The Morgan fingerprint density at radius 3 is 2.67 bits per heavy atom. The van der Waals surface area contributed by atoms with E-state index in [4.69, 9.17) is 16.4 Å². The Labute approximate surface area is 132 Å². The number of hydrogen-bond donors (Lipinski definition) is 2. The predicted molar refractivity (Wildman–Crippen MR) is 85.7 cm³/mol. The number of piperidine rings is 2. The van der Waals surface area contributed by atoms with Gasteiger partial charge in [0.1, 0.15) is 12.7 Å². The van der Waals surface area contributed by atoms with Gasteiger partial charge in [-0.15, -0.1) is 0 Å². The van der Waals surface area contributed by atoms with E-state index in [0.717, 1.165) is 39.0 Å². The van der Waals surface area contributed by atoms with Crippen LogP contribution < -0.4 is 5.32 Å². The summed E-state index contributed by atoms with van der Waals surface area (Å²) in [5.74, 6) is 0. The van der Waals surface area contributed by atoms with Gasteiger partial charge in [0.2, 0.25) is 0 Å². The first-order chi connectivity index (χ1) is 10.1. The monoisotopic (exact) mass is 317 g/mol. The van der Waals surface area contributed by atoms with Crippen LogP contribution in [0.2, 0.25) is 0 Å². The third-order valence-electron chi connectivity index (χ3n) is 4.53. The molecule has 122 valence electrons. The van der Waals surface area contributed by atoms with Crippen LogP contribution in [0.5, 0.6) is 0 Å². The molecule has 2 aliphatic heterocycles. The maximum absolute atomic E-state index is 10.00. The summed E-state index contributed by atoms with van der Waals surface area (Å²) in [4.78, 5) is 7.56. The molecule has 2 rings (SSSR count). The van der Waals surface area contributed by atoms with Gasteiger partial charge in [-0.05, 0) is 51.9 Å². The van der Waals surface area contributed by atoms with Gasteiger partial charge in [-0.2, -0.15) is 0 Å². The third kappa shape index (κ3) is 5.40. The van der Waals surface area contributed by atoms with Crippen molar-refractivity contribution < 1.29 is 9.94 Å². The van der Waals surface area contributed by atoms with Gasteiger partial charge in [-0.25, -0.2) is 0 Å². The van der Waals surface area contributed by atoms with E-state index in [1.807, 2.05) is 0 Å². The summed E-state index contributed by atoms with van der Waals surface area (Å²) in [6, 6.07) is 0. The lowest BCUT2D eigenvalue weighted by atomic mass is 9.82. The zero-order valence-electron chi connectivity index (χ0n) is 13.0. The Morgan fingerprint density at radius 2 is 2.00 bits per heavy atom. The number of nitrogens with one attached hydrogen (secondary N) is 1. The molecule has 0 aromatic heterocycles. The minimum atomic E-state index is -0.503. The van der Waals surface area contributed by atoms with Crippen LogP contribution in [0.3, 0.4) is 0 Å². The molecule has 1 atom stereocenters. The number of rotatable bonds is 6. The SMILES string of the molecule is CC1(/C(Cl)=N/OC[C@@H](O)CN2CCCCC2)CCNCC1. The second kappa shape index (κ2) is 8.32. The van der Waals surface area contributed by atoms with E-state index < -0.39 is 6.10 Å². The van der Waals surface area contributed by atoms with Crippen LogP contribution in [0.4, 0.5) is 0 Å². The van der Waals surface area contributed by atoms with Crippen molar-refractivity contribution in [3.05, 3.63) is 0 Å². The standard InChI is InChI=1S/C15H28ClN3O2/c1-15(5-7-17-8-6-15)14(16)18-21-12-13(20)11-19-9-3-2-4-10-19/h13,17,20H,2-12H2,1H3/b18-14-/t13-/m0/s1. The molecule has 6 heteroatoms. The normalized spacial score (nSPS) is 25.6. The number of aliphatic hydroxyl groups excluding tert-OH is 1. The Kier molecular flexibility index (Phi) is 6.74. The molecule has 0 aromatic rings. The van der Waals surface area contributed by atoms with Crippen LogP contribution >= 0.6 is 11.6 Å². The van der Waals surface area contributed by atoms with E-state index in [9.17, 15) is 5.11 Å². The lowest BCUT2D eigenvalue weighted by molar-refractivity contribution is 0.0151. The number of halogens is 1. The zero-order valence-corrected chi connectivity index (χ0v) is 13.7. The van der Waals surface area contributed by atoms with Crippen molar-refractivity contribution >= 4 is 16.8 Å². The molecule has 2 aliphatic rings. The summed E-state index contributed by atoms with van der Waals surface area (Å²) in [7, 11) is 0. The molecule has 0 amide bonds. The average Bonchev–Trinajstić information content (AvgIpc) is 2.49. The molecule has 0 aliphatic carbocycles. The fourth-order valence-electron chi connectivity index (χ4n) is 2.97. The van der Waals surface area contributed by atoms with Gasteiger partial charge in [0.15, 0.2) is 5.17 Å². The van der Waals surface area contributed by atoms with Gasteiger partial charge in [0, 0.05) is 12.0 Å². The summed E-state index contributed by atoms with van der Waals surface area (Å²) in [5, 5.41) is 17.9. The zero-order chi connectivity index (χ0) is 15.1. The van der Waals surface area contributed by atoms with Crippen LogP contribution in [0.25, 0.3) is 0 Å². The highest BCUT2D eigenvalue weighted by atomic mass is 35.5. The van der Waals surface area contributed by atoms with Gasteiger partial charge in [-0.3, -0.25) is 0 Å². The summed E-state index contributed by atoms with van der Waals surface area (Å²) >= 11 is 6.28. The first kappa shape index (κ1) is 17.0. The van der Waals surface area contributed by atoms with Gasteiger partial charge in [-0.1, -0.05) is 30.1 Å². The maximum Gasteiger partial charge on any atom is 0.151 e. The highest BCUT2D eigenvalue weighted by Gasteiger charge is 2.32. The molecule has 0 bridgehead atoms. The van der Waals surface area contributed by atoms with Crippen LogP contribution in [0.15, 0.2) is 5.16 Å². The Bertz CT molecular complexity index is 340. The number of oxime groups is 1. The highest BCUT2D eigenvalue weighted by molar-refractivity contribution is 6.66. The number of hydrogen-bond acceptors (Lipinski definition) is 5. The van der Waals surface area contributed by atoms with Crippen molar-refractivity contribution in [1.82, 2.24) is 10.2 Å². The molecular formula is C15H28ClN3O2. The fraction of sp³-hybridized carbons (Fsp3) is 0.933. The van der Waals surface area contributed by atoms with Gasteiger partial charge >= 0.3 is 0 Å². The third-order valence-corrected chi connectivity index (χ3v) is 5.06. The molecule has 2 N–H and O–H groups in total. The molecule has 0 saturated carbocycles. The van der Waals surface area contributed by atoms with Crippen LogP contribution in [0.1, 0.15) is 39.0 Å². The predicted octanol–water partition coefficient (Wildman–Crippen LogP) is 1.79. The number of nitrogens with zero attached hydrogens (tertiary/aromatic N) is 2. The van der Waals surface area contributed by atoms with Crippen molar-refractivity contribution in [3.8, 4) is 0 Å². The lowest BCUT2D eigenvalue weighted by Crippen LogP contribution is -2.39. The Balaban J connectivity index is 1.70. The van der Waals surface area contributed by atoms with Crippen molar-refractivity contribution in [2.24, 2.45) is 10.6 Å². The number of β-amino-alcohol motifs (C(OH)–C–C–N with tert-alkyl or cyclic N) is 1. The van der Waals surface area contributed by atoms with E-state index in [1.54, 1.807) is 0 Å². The van der Waals surface area contributed by atoms with Crippen molar-refractivity contribution in [2.45, 2.75) is 45.1 Å². The number of likely N-dealkylation sites (tertiary alicyclic amines) is 1. The largest absolute Gasteiger partial charge is 0.392 e. The van der Waals surface area contributed by atoms with Crippen molar-refractivity contribution in [1.29, 1.82) is 0 Å². The molecule has 0 unspecified atom stereocenters. The van der Waals surface area contributed by atoms with E-state index >= 15 is 0 Å².